The summed E-state index contributed by atoms with van der Waals surface area (Å²) in [5.74, 6) is 0.252. The zero-order chi connectivity index (χ0) is 20.3. The molecule has 152 valence electrons. The number of carbonyl (C=O) groups is 1. The van der Waals surface area contributed by atoms with E-state index in [2.05, 4.69) is 10.0 Å². The summed E-state index contributed by atoms with van der Waals surface area (Å²) in [7, 11) is -3.99. The summed E-state index contributed by atoms with van der Waals surface area (Å²) in [6.07, 6.45) is 3.48. The van der Waals surface area contributed by atoms with E-state index in [1.165, 1.54) is 0 Å². The summed E-state index contributed by atoms with van der Waals surface area (Å²) in [6, 6.07) is 17.7. The molecule has 4 rings (SSSR count). The van der Waals surface area contributed by atoms with Crippen molar-refractivity contribution in [2.24, 2.45) is 5.92 Å². The summed E-state index contributed by atoms with van der Waals surface area (Å²) in [6.45, 7) is 0.413. The first-order chi connectivity index (χ1) is 14.0. The van der Waals surface area contributed by atoms with E-state index >= 15 is 0 Å². The van der Waals surface area contributed by atoms with Gasteiger partial charge in [-0.3, -0.25) is 0 Å². The lowest BCUT2D eigenvalue weighted by Gasteiger charge is -2.18. The van der Waals surface area contributed by atoms with Crippen molar-refractivity contribution >= 4 is 21.6 Å². The van der Waals surface area contributed by atoms with Gasteiger partial charge in [0.1, 0.15) is 0 Å². The van der Waals surface area contributed by atoms with Crippen molar-refractivity contribution in [3.63, 3.8) is 0 Å². The molecule has 2 aliphatic rings. The highest BCUT2D eigenvalue weighted by atomic mass is 32.2. The molecule has 6 nitrogen and oxygen atoms in total. The third-order valence-corrected chi connectivity index (χ3v) is 6.45. The molecule has 3 unspecified atom stereocenters. The molecule has 2 aromatic rings. The van der Waals surface area contributed by atoms with Crippen molar-refractivity contribution in [2.45, 2.75) is 31.5 Å². The fraction of sp³-hybridized carbons (Fsp3) is 0.318. The SMILES string of the molecule is O=C(NCC1CC2CCC1O2)NS(=O)(=O)C=C(c1ccccc1)c1ccccc1. The maximum Gasteiger partial charge on any atom is 0.328 e. The molecule has 2 fully saturated rings. The molecule has 0 aliphatic carbocycles. The highest BCUT2D eigenvalue weighted by molar-refractivity contribution is 7.93. The Morgan fingerprint density at radius 2 is 1.62 bits per heavy atom. The van der Waals surface area contributed by atoms with Crippen LogP contribution in [0.4, 0.5) is 4.79 Å². The highest BCUT2D eigenvalue weighted by Gasteiger charge is 2.40. The van der Waals surface area contributed by atoms with Crippen molar-refractivity contribution in [3.8, 4) is 0 Å². The Bertz CT molecular complexity index is 948. The van der Waals surface area contributed by atoms with Gasteiger partial charge < -0.3 is 10.1 Å². The number of fused-ring (bicyclic) bond motifs is 2. The zero-order valence-corrected chi connectivity index (χ0v) is 16.8. The second-order valence-corrected chi connectivity index (χ2v) is 9.02. The van der Waals surface area contributed by atoms with E-state index in [0.29, 0.717) is 18.2 Å². The van der Waals surface area contributed by atoms with Crippen LogP contribution in [0, 0.1) is 5.92 Å². The molecule has 2 aromatic carbocycles. The van der Waals surface area contributed by atoms with Gasteiger partial charge in [-0.2, -0.15) is 0 Å². The molecule has 0 saturated carbocycles. The van der Waals surface area contributed by atoms with Crippen LogP contribution in [-0.4, -0.2) is 33.2 Å². The molecule has 2 saturated heterocycles. The van der Waals surface area contributed by atoms with E-state index in [1.54, 1.807) is 0 Å². The molecular weight excluding hydrogens is 388 g/mol. The van der Waals surface area contributed by atoms with Gasteiger partial charge in [0, 0.05) is 18.0 Å². The number of benzene rings is 2. The minimum Gasteiger partial charge on any atom is -0.375 e. The number of carbonyl (C=O) groups excluding carboxylic acids is 1. The highest BCUT2D eigenvalue weighted by Crippen LogP contribution is 2.38. The zero-order valence-electron chi connectivity index (χ0n) is 16.0. The second-order valence-electron chi connectivity index (χ2n) is 7.49. The fourth-order valence-corrected chi connectivity index (χ4v) is 5.04. The smallest absolute Gasteiger partial charge is 0.328 e. The molecule has 2 heterocycles. The van der Waals surface area contributed by atoms with Gasteiger partial charge in [0.25, 0.3) is 10.0 Å². The first kappa shape index (κ1) is 19.7. The van der Waals surface area contributed by atoms with Gasteiger partial charge in [0.05, 0.1) is 17.6 Å². The van der Waals surface area contributed by atoms with E-state index in [4.69, 9.17) is 4.74 Å². The molecule has 2 amide bonds. The van der Waals surface area contributed by atoms with Gasteiger partial charge in [0.15, 0.2) is 0 Å². The lowest BCUT2D eigenvalue weighted by Crippen LogP contribution is -2.42. The first-order valence-corrected chi connectivity index (χ1v) is 11.3. The van der Waals surface area contributed by atoms with Crippen LogP contribution in [0.3, 0.4) is 0 Å². The topological polar surface area (TPSA) is 84.5 Å². The number of ether oxygens (including phenoxy) is 1. The predicted molar refractivity (Wildman–Crippen MR) is 111 cm³/mol. The van der Waals surface area contributed by atoms with Crippen LogP contribution in [0.25, 0.3) is 5.57 Å². The van der Waals surface area contributed by atoms with Crippen LogP contribution < -0.4 is 10.0 Å². The van der Waals surface area contributed by atoms with Crippen LogP contribution in [0.5, 0.6) is 0 Å². The number of sulfonamides is 1. The molecule has 7 heteroatoms. The number of urea groups is 1. The summed E-state index contributed by atoms with van der Waals surface area (Å²) in [4.78, 5) is 12.2. The Hall–Kier alpha value is -2.64. The van der Waals surface area contributed by atoms with E-state index in [9.17, 15) is 13.2 Å². The van der Waals surface area contributed by atoms with Crippen molar-refractivity contribution in [3.05, 3.63) is 77.2 Å². The predicted octanol–water partition coefficient (Wildman–Crippen LogP) is 3.27. The Balaban J connectivity index is 1.47. The maximum absolute atomic E-state index is 12.6. The quantitative estimate of drug-likeness (QED) is 0.763. The van der Waals surface area contributed by atoms with Gasteiger partial charge >= 0.3 is 6.03 Å². The van der Waals surface area contributed by atoms with E-state index in [0.717, 1.165) is 35.8 Å². The van der Waals surface area contributed by atoms with Crippen LogP contribution in [0.1, 0.15) is 30.4 Å². The molecule has 0 spiro atoms. The Kier molecular flexibility index (Phi) is 5.69. The maximum atomic E-state index is 12.6. The third kappa shape index (κ3) is 4.86. The van der Waals surface area contributed by atoms with E-state index < -0.39 is 16.1 Å². The van der Waals surface area contributed by atoms with Crippen molar-refractivity contribution in [1.82, 2.24) is 10.0 Å². The normalized spacial score (nSPS) is 22.8. The largest absolute Gasteiger partial charge is 0.375 e. The van der Waals surface area contributed by atoms with Gasteiger partial charge in [-0.05, 0) is 30.4 Å². The number of hydrogen-bond acceptors (Lipinski definition) is 4. The summed E-state index contributed by atoms with van der Waals surface area (Å²) in [5, 5.41) is 3.79. The molecule has 2 bridgehead atoms. The van der Waals surface area contributed by atoms with Crippen LogP contribution in [0.2, 0.25) is 0 Å². The van der Waals surface area contributed by atoms with Gasteiger partial charge in [-0.1, -0.05) is 60.7 Å². The van der Waals surface area contributed by atoms with Gasteiger partial charge in [-0.15, -0.1) is 0 Å². The van der Waals surface area contributed by atoms with Crippen LogP contribution in [-0.2, 0) is 14.8 Å². The lowest BCUT2D eigenvalue weighted by atomic mass is 9.89. The second kappa shape index (κ2) is 8.39. The minimum absolute atomic E-state index is 0.180. The number of amides is 2. The fourth-order valence-electron chi connectivity index (χ4n) is 4.07. The average molecular weight is 413 g/mol. The monoisotopic (exact) mass is 412 g/mol. The number of rotatable bonds is 6. The van der Waals surface area contributed by atoms with Gasteiger partial charge in [0.2, 0.25) is 0 Å². The standard InChI is InChI=1S/C22H24N2O4S/c25-22(23-14-18-13-19-11-12-21(18)28-19)24-29(26,27)15-20(16-7-3-1-4-8-16)17-9-5-2-6-10-17/h1-10,15,18-19,21H,11-14H2,(H2,23,24,25). The molecule has 29 heavy (non-hydrogen) atoms. The molecule has 2 N–H and O–H groups in total. The molecule has 0 radical (unpaired) electrons. The molecule has 0 aromatic heterocycles. The molecular formula is C22H24N2O4S. The molecule has 3 atom stereocenters. The molecule has 2 aliphatic heterocycles. The van der Waals surface area contributed by atoms with E-state index in [-0.39, 0.29) is 12.0 Å². The summed E-state index contributed by atoms with van der Waals surface area (Å²) >= 11 is 0. The lowest BCUT2D eigenvalue weighted by molar-refractivity contribution is 0.0928. The Morgan fingerprint density at radius 1 is 1.00 bits per heavy atom. The summed E-state index contributed by atoms with van der Waals surface area (Å²) in [5.41, 5.74) is 2.03. The first-order valence-electron chi connectivity index (χ1n) is 9.79. The van der Waals surface area contributed by atoms with Gasteiger partial charge in [-0.25, -0.2) is 17.9 Å². The number of hydrogen-bond donors (Lipinski definition) is 2. The Morgan fingerprint density at radius 3 is 2.14 bits per heavy atom. The average Bonchev–Trinajstić information content (AvgIpc) is 3.35. The minimum atomic E-state index is -3.99. The van der Waals surface area contributed by atoms with Crippen molar-refractivity contribution in [2.75, 3.05) is 6.54 Å². The Labute approximate surface area is 171 Å². The summed E-state index contributed by atoms with van der Waals surface area (Å²) < 4.78 is 33.2. The third-order valence-electron chi connectivity index (χ3n) is 5.43. The van der Waals surface area contributed by atoms with E-state index in [1.807, 2.05) is 60.7 Å². The van der Waals surface area contributed by atoms with Crippen LogP contribution >= 0.6 is 0 Å². The number of nitrogens with one attached hydrogen (secondary N) is 2. The van der Waals surface area contributed by atoms with Crippen LogP contribution in [0.15, 0.2) is 66.1 Å². The van der Waals surface area contributed by atoms with Crippen molar-refractivity contribution in [1.29, 1.82) is 0 Å². The van der Waals surface area contributed by atoms with Crippen molar-refractivity contribution < 1.29 is 17.9 Å².